The summed E-state index contributed by atoms with van der Waals surface area (Å²) in [5, 5.41) is 3.33. The second-order valence-electron chi connectivity index (χ2n) is 4.22. The summed E-state index contributed by atoms with van der Waals surface area (Å²) in [6.07, 6.45) is 3.85. The third kappa shape index (κ3) is 5.81. The van der Waals surface area contributed by atoms with Gasteiger partial charge in [0.2, 0.25) is 0 Å². The number of hydrogen-bond acceptors (Lipinski definition) is 4. The first-order chi connectivity index (χ1) is 8.24. The smallest absolute Gasteiger partial charge is 0.122 e. The molecule has 0 aliphatic carbocycles. The van der Waals surface area contributed by atoms with Crippen LogP contribution in [0.1, 0.15) is 12.7 Å². The molecule has 5 heteroatoms. The first kappa shape index (κ1) is 14.2. The second kappa shape index (κ2) is 8.22. The summed E-state index contributed by atoms with van der Waals surface area (Å²) in [4.78, 5) is 6.41. The highest BCUT2D eigenvalue weighted by Crippen LogP contribution is 1.96. The molecule has 0 atom stereocenters. The minimum Gasteiger partial charge on any atom is -0.379 e. The number of imidazole rings is 1. The average Bonchev–Trinajstić information content (AvgIpc) is 2.74. The molecule has 1 aromatic heterocycles. The van der Waals surface area contributed by atoms with Crippen molar-refractivity contribution >= 4 is 0 Å². The Morgan fingerprint density at radius 2 is 2.24 bits per heavy atom. The van der Waals surface area contributed by atoms with Gasteiger partial charge in [-0.15, -0.1) is 0 Å². The molecule has 0 aliphatic heterocycles. The Morgan fingerprint density at radius 1 is 1.41 bits per heavy atom. The SMILES string of the molecule is CCn1ccnc1CNCCOCCN(C)C. The first-order valence-corrected chi connectivity index (χ1v) is 6.17. The lowest BCUT2D eigenvalue weighted by Crippen LogP contribution is -2.24. The lowest BCUT2D eigenvalue weighted by molar-refractivity contribution is 0.119. The average molecular weight is 240 g/mol. The van der Waals surface area contributed by atoms with Gasteiger partial charge in [-0.05, 0) is 21.0 Å². The van der Waals surface area contributed by atoms with Crippen LogP contribution in [-0.4, -0.2) is 54.8 Å². The maximum atomic E-state index is 5.49. The summed E-state index contributed by atoms with van der Waals surface area (Å²) in [5.74, 6) is 1.08. The summed E-state index contributed by atoms with van der Waals surface area (Å²) in [6, 6.07) is 0. The predicted molar refractivity (Wildman–Crippen MR) is 69.0 cm³/mol. The topological polar surface area (TPSA) is 42.3 Å². The maximum Gasteiger partial charge on any atom is 0.122 e. The molecule has 0 bridgehead atoms. The van der Waals surface area contributed by atoms with Crippen molar-refractivity contribution in [3.63, 3.8) is 0 Å². The molecule has 0 aliphatic rings. The van der Waals surface area contributed by atoms with Gasteiger partial charge in [0.15, 0.2) is 0 Å². The lowest BCUT2D eigenvalue weighted by atomic mass is 10.5. The van der Waals surface area contributed by atoms with Crippen LogP contribution >= 0.6 is 0 Å². The molecule has 17 heavy (non-hydrogen) atoms. The summed E-state index contributed by atoms with van der Waals surface area (Å²) >= 11 is 0. The van der Waals surface area contributed by atoms with Gasteiger partial charge in [0.05, 0.1) is 19.8 Å². The Balaban J connectivity index is 2.01. The van der Waals surface area contributed by atoms with E-state index in [1.165, 1.54) is 0 Å². The minimum absolute atomic E-state index is 0.751. The van der Waals surface area contributed by atoms with Gasteiger partial charge in [-0.1, -0.05) is 0 Å². The lowest BCUT2D eigenvalue weighted by Gasteiger charge is -2.10. The van der Waals surface area contributed by atoms with Crippen LogP contribution < -0.4 is 5.32 Å². The highest BCUT2D eigenvalue weighted by Gasteiger charge is 1.99. The van der Waals surface area contributed by atoms with Crippen molar-refractivity contribution in [2.45, 2.75) is 20.0 Å². The molecular formula is C12H24N4O. The van der Waals surface area contributed by atoms with Crippen molar-refractivity contribution in [1.82, 2.24) is 19.8 Å². The van der Waals surface area contributed by atoms with Crippen molar-refractivity contribution in [3.05, 3.63) is 18.2 Å². The molecule has 0 spiro atoms. The van der Waals surface area contributed by atoms with Gasteiger partial charge in [0.1, 0.15) is 5.82 Å². The predicted octanol–water partition coefficient (Wildman–Crippen LogP) is 0.571. The molecule has 98 valence electrons. The van der Waals surface area contributed by atoms with Crippen LogP contribution in [0.2, 0.25) is 0 Å². The van der Waals surface area contributed by atoms with Crippen LogP contribution in [0, 0.1) is 0 Å². The van der Waals surface area contributed by atoms with Crippen LogP contribution in [0.25, 0.3) is 0 Å². The molecule has 1 aromatic rings. The third-order valence-corrected chi connectivity index (χ3v) is 2.53. The summed E-state index contributed by atoms with van der Waals surface area (Å²) in [7, 11) is 4.10. The van der Waals surface area contributed by atoms with Crippen LogP contribution in [0.15, 0.2) is 12.4 Å². The van der Waals surface area contributed by atoms with Gasteiger partial charge in [0, 0.05) is 32.0 Å². The zero-order valence-electron chi connectivity index (χ0n) is 11.1. The molecule has 1 N–H and O–H groups in total. The number of nitrogens with one attached hydrogen (secondary N) is 1. The van der Waals surface area contributed by atoms with Crippen LogP contribution in [0.4, 0.5) is 0 Å². The number of aryl methyl sites for hydroxylation is 1. The van der Waals surface area contributed by atoms with Crippen LogP contribution in [0.5, 0.6) is 0 Å². The van der Waals surface area contributed by atoms with Crippen molar-refractivity contribution in [3.8, 4) is 0 Å². The molecule has 1 rings (SSSR count). The molecule has 1 heterocycles. The number of aromatic nitrogens is 2. The summed E-state index contributed by atoms with van der Waals surface area (Å²) in [6.45, 7) is 7.27. The second-order valence-corrected chi connectivity index (χ2v) is 4.22. The van der Waals surface area contributed by atoms with Crippen molar-refractivity contribution in [2.24, 2.45) is 0 Å². The maximum absolute atomic E-state index is 5.49. The third-order valence-electron chi connectivity index (χ3n) is 2.53. The van der Waals surface area contributed by atoms with E-state index in [1.54, 1.807) is 0 Å². The molecule has 5 nitrogen and oxygen atoms in total. The normalized spacial score (nSPS) is 11.3. The monoisotopic (exact) mass is 240 g/mol. The molecule has 0 amide bonds. The fourth-order valence-corrected chi connectivity index (χ4v) is 1.49. The van der Waals surface area contributed by atoms with E-state index in [0.29, 0.717) is 0 Å². The van der Waals surface area contributed by atoms with E-state index in [-0.39, 0.29) is 0 Å². The largest absolute Gasteiger partial charge is 0.379 e. The number of hydrogen-bond donors (Lipinski definition) is 1. The molecule has 0 aromatic carbocycles. The Bertz CT molecular complexity index is 298. The summed E-state index contributed by atoms with van der Waals surface area (Å²) < 4.78 is 7.63. The fraction of sp³-hybridized carbons (Fsp3) is 0.750. The molecule has 0 fully saturated rings. The Hall–Kier alpha value is -0.910. The molecule has 0 unspecified atom stereocenters. The highest BCUT2D eigenvalue weighted by atomic mass is 16.5. The molecule has 0 radical (unpaired) electrons. The van der Waals surface area contributed by atoms with Crippen molar-refractivity contribution < 1.29 is 4.74 Å². The van der Waals surface area contributed by atoms with Crippen LogP contribution in [-0.2, 0) is 17.8 Å². The standard InChI is InChI=1S/C12H24N4O/c1-4-16-7-5-14-12(16)11-13-6-9-17-10-8-15(2)3/h5,7,13H,4,6,8-11H2,1-3H3. The number of nitrogens with zero attached hydrogens (tertiary/aromatic N) is 3. The van der Waals surface area contributed by atoms with E-state index < -0.39 is 0 Å². The van der Waals surface area contributed by atoms with Crippen LogP contribution in [0.3, 0.4) is 0 Å². The van der Waals surface area contributed by atoms with Gasteiger partial charge >= 0.3 is 0 Å². The Morgan fingerprint density at radius 3 is 2.94 bits per heavy atom. The van der Waals surface area contributed by atoms with Crippen molar-refractivity contribution in [2.75, 3.05) is 40.4 Å². The van der Waals surface area contributed by atoms with Gasteiger partial charge in [-0.2, -0.15) is 0 Å². The zero-order chi connectivity index (χ0) is 12.5. The van der Waals surface area contributed by atoms with Gasteiger partial charge in [-0.25, -0.2) is 4.98 Å². The molecule has 0 saturated heterocycles. The Kier molecular flexibility index (Phi) is 6.84. The van der Waals surface area contributed by atoms with Gasteiger partial charge < -0.3 is 19.5 Å². The minimum atomic E-state index is 0.751. The number of ether oxygens (including phenoxy) is 1. The van der Waals surface area contributed by atoms with Gasteiger partial charge in [0.25, 0.3) is 0 Å². The van der Waals surface area contributed by atoms with E-state index in [9.17, 15) is 0 Å². The first-order valence-electron chi connectivity index (χ1n) is 6.17. The Labute approximate surface area is 104 Å². The highest BCUT2D eigenvalue weighted by molar-refractivity contribution is 4.91. The number of rotatable bonds is 9. The van der Waals surface area contributed by atoms with Crippen molar-refractivity contribution in [1.29, 1.82) is 0 Å². The number of likely N-dealkylation sites (N-methyl/N-ethyl adjacent to an activating group) is 1. The quantitative estimate of drug-likeness (QED) is 0.641. The van der Waals surface area contributed by atoms with Gasteiger partial charge in [-0.3, -0.25) is 0 Å². The van der Waals surface area contributed by atoms with E-state index in [2.05, 4.69) is 26.7 Å². The molecule has 0 saturated carbocycles. The molecular weight excluding hydrogens is 216 g/mol. The zero-order valence-corrected chi connectivity index (χ0v) is 11.1. The van der Waals surface area contributed by atoms with E-state index in [0.717, 1.165) is 45.2 Å². The van der Waals surface area contributed by atoms with E-state index in [1.807, 2.05) is 26.5 Å². The fourth-order valence-electron chi connectivity index (χ4n) is 1.49. The van der Waals surface area contributed by atoms with E-state index in [4.69, 9.17) is 4.74 Å². The summed E-state index contributed by atoms with van der Waals surface area (Å²) in [5.41, 5.74) is 0. The van der Waals surface area contributed by atoms with E-state index >= 15 is 0 Å².